The van der Waals surface area contributed by atoms with Gasteiger partial charge >= 0.3 is 5.69 Å². The van der Waals surface area contributed by atoms with E-state index in [0.717, 1.165) is 55.0 Å². The molecule has 1 saturated heterocycles. The van der Waals surface area contributed by atoms with Gasteiger partial charge in [-0.05, 0) is 43.2 Å². The maximum Gasteiger partial charge on any atom is 0.326 e. The number of nitrogens with one attached hydrogen (secondary N) is 1. The number of nitrogens with zero attached hydrogens (tertiary/aromatic N) is 2. The molecule has 0 radical (unpaired) electrons. The first-order chi connectivity index (χ1) is 13.7. The molecule has 3 N–H and O–H groups in total. The zero-order valence-electron chi connectivity index (χ0n) is 15.6. The molecule has 3 heterocycles. The van der Waals surface area contributed by atoms with Gasteiger partial charge in [0, 0.05) is 31.4 Å². The number of anilines is 1. The van der Waals surface area contributed by atoms with Crippen molar-refractivity contribution >= 4 is 16.7 Å². The van der Waals surface area contributed by atoms with Gasteiger partial charge in [0.05, 0.1) is 11.0 Å². The van der Waals surface area contributed by atoms with E-state index in [9.17, 15) is 4.79 Å². The van der Waals surface area contributed by atoms with Crippen LogP contribution in [0.1, 0.15) is 18.9 Å². The van der Waals surface area contributed by atoms with Gasteiger partial charge in [-0.25, -0.2) is 4.79 Å². The second-order valence-electron chi connectivity index (χ2n) is 7.61. The van der Waals surface area contributed by atoms with Gasteiger partial charge < -0.3 is 20.2 Å². The van der Waals surface area contributed by atoms with Crippen molar-refractivity contribution in [3.05, 3.63) is 52.9 Å². The van der Waals surface area contributed by atoms with Crippen molar-refractivity contribution < 1.29 is 9.47 Å². The molecule has 28 heavy (non-hydrogen) atoms. The summed E-state index contributed by atoms with van der Waals surface area (Å²) in [5.74, 6) is 1.63. The molecule has 2 aliphatic rings. The number of likely N-dealkylation sites (tertiary alicyclic amines) is 1. The molecule has 0 aliphatic carbocycles. The van der Waals surface area contributed by atoms with Crippen LogP contribution in [0.5, 0.6) is 11.5 Å². The minimum absolute atomic E-state index is 0.0326. The van der Waals surface area contributed by atoms with Crippen LogP contribution in [-0.4, -0.2) is 46.8 Å². The number of aromatic nitrogens is 2. The van der Waals surface area contributed by atoms with E-state index in [-0.39, 0.29) is 17.8 Å². The van der Waals surface area contributed by atoms with Gasteiger partial charge in [-0.1, -0.05) is 12.1 Å². The smallest absolute Gasteiger partial charge is 0.326 e. The summed E-state index contributed by atoms with van der Waals surface area (Å²) in [6.45, 7) is 3.27. The number of H-pyrrole nitrogens is 1. The molecule has 146 valence electrons. The average Bonchev–Trinajstić information content (AvgIpc) is 3.03. The minimum Gasteiger partial charge on any atom is -0.486 e. The van der Waals surface area contributed by atoms with E-state index in [4.69, 9.17) is 15.2 Å². The molecule has 1 fully saturated rings. The van der Waals surface area contributed by atoms with Crippen LogP contribution in [0.4, 0.5) is 5.69 Å². The molecule has 5 rings (SSSR count). The normalized spacial score (nSPS) is 20.5. The summed E-state index contributed by atoms with van der Waals surface area (Å²) in [5.41, 5.74) is 8.18. The average molecular weight is 380 g/mol. The van der Waals surface area contributed by atoms with Crippen molar-refractivity contribution in [1.82, 2.24) is 14.5 Å². The fraction of sp³-hybridized carbons (Fsp3) is 0.381. The van der Waals surface area contributed by atoms with Gasteiger partial charge in [-0.15, -0.1) is 0 Å². The minimum atomic E-state index is -0.0559. The van der Waals surface area contributed by atoms with Crippen LogP contribution in [0.25, 0.3) is 11.0 Å². The van der Waals surface area contributed by atoms with Crippen molar-refractivity contribution in [3.8, 4) is 11.5 Å². The molecule has 0 saturated carbocycles. The van der Waals surface area contributed by atoms with E-state index in [1.807, 2.05) is 47.0 Å². The number of fused-ring (bicyclic) bond motifs is 2. The second kappa shape index (κ2) is 6.91. The van der Waals surface area contributed by atoms with E-state index >= 15 is 0 Å². The van der Waals surface area contributed by atoms with Crippen LogP contribution in [0.2, 0.25) is 0 Å². The number of rotatable bonds is 3. The molecule has 7 heteroatoms. The molecule has 1 aromatic heterocycles. The molecule has 1 atom stereocenters. The first kappa shape index (κ1) is 17.2. The Balaban J connectivity index is 1.24. The number of ether oxygens (including phenoxy) is 2. The lowest BCUT2D eigenvalue weighted by atomic mass is 10.0. The van der Waals surface area contributed by atoms with Crippen LogP contribution in [0.15, 0.2) is 47.3 Å². The van der Waals surface area contributed by atoms with Crippen LogP contribution < -0.4 is 20.9 Å². The van der Waals surface area contributed by atoms with E-state index in [1.165, 1.54) is 0 Å². The monoisotopic (exact) mass is 380 g/mol. The van der Waals surface area contributed by atoms with E-state index < -0.39 is 0 Å². The summed E-state index contributed by atoms with van der Waals surface area (Å²) < 4.78 is 13.8. The predicted molar refractivity (Wildman–Crippen MR) is 108 cm³/mol. The molecule has 0 amide bonds. The number of benzene rings is 2. The number of aromatic amines is 1. The van der Waals surface area contributed by atoms with Gasteiger partial charge in [-0.3, -0.25) is 9.47 Å². The third kappa shape index (κ3) is 3.11. The molecule has 7 nitrogen and oxygen atoms in total. The van der Waals surface area contributed by atoms with Crippen molar-refractivity contribution in [2.45, 2.75) is 25.0 Å². The molecule has 0 spiro atoms. The van der Waals surface area contributed by atoms with Crippen LogP contribution in [0.3, 0.4) is 0 Å². The molecule has 2 aromatic carbocycles. The third-order valence-electron chi connectivity index (χ3n) is 5.69. The van der Waals surface area contributed by atoms with Crippen LogP contribution in [0, 0.1) is 0 Å². The summed E-state index contributed by atoms with van der Waals surface area (Å²) >= 11 is 0. The Kier molecular flexibility index (Phi) is 4.24. The van der Waals surface area contributed by atoms with Gasteiger partial charge in [0.1, 0.15) is 12.7 Å². The topological polar surface area (TPSA) is 85.5 Å². The summed E-state index contributed by atoms with van der Waals surface area (Å²) in [5, 5.41) is 0. The number of nitrogens with two attached hydrogens (primary N) is 1. The number of para-hydroxylation sites is 2. The molecule has 0 bridgehead atoms. The first-order valence-electron chi connectivity index (χ1n) is 9.78. The Morgan fingerprint density at radius 2 is 1.89 bits per heavy atom. The maximum atomic E-state index is 12.5. The summed E-state index contributed by atoms with van der Waals surface area (Å²) in [7, 11) is 0. The van der Waals surface area contributed by atoms with Gasteiger partial charge in [-0.2, -0.15) is 0 Å². The quantitative estimate of drug-likeness (QED) is 0.682. The highest BCUT2D eigenvalue weighted by Crippen LogP contribution is 2.32. The summed E-state index contributed by atoms with van der Waals surface area (Å²) in [6.07, 6.45) is 1.90. The lowest BCUT2D eigenvalue weighted by molar-refractivity contribution is 0.0485. The SMILES string of the molecule is Nc1ccc2c(c1)[nH]c(=O)n2C1CCN(CC2COc3ccccc3O2)CC1. The number of hydrogen-bond donors (Lipinski definition) is 2. The van der Waals surface area contributed by atoms with E-state index in [2.05, 4.69) is 9.88 Å². The molecule has 3 aromatic rings. The van der Waals surface area contributed by atoms with Crippen molar-refractivity contribution in [2.75, 3.05) is 32.0 Å². The lowest BCUT2D eigenvalue weighted by Crippen LogP contribution is -2.45. The van der Waals surface area contributed by atoms with Gasteiger partial charge in [0.15, 0.2) is 11.5 Å². The van der Waals surface area contributed by atoms with E-state index in [0.29, 0.717) is 12.3 Å². The fourth-order valence-corrected chi connectivity index (χ4v) is 4.31. The van der Waals surface area contributed by atoms with Crippen molar-refractivity contribution in [3.63, 3.8) is 0 Å². The zero-order chi connectivity index (χ0) is 19.1. The Morgan fingerprint density at radius 1 is 1.11 bits per heavy atom. The Labute approximate surface area is 162 Å². The highest BCUT2D eigenvalue weighted by molar-refractivity contribution is 5.79. The zero-order valence-corrected chi connectivity index (χ0v) is 15.6. The number of nitrogen functional groups attached to an aromatic ring is 1. The van der Waals surface area contributed by atoms with Gasteiger partial charge in [0.2, 0.25) is 0 Å². The number of piperidine rings is 1. The number of imidazole rings is 1. The predicted octanol–water partition coefficient (Wildman–Crippen LogP) is 2.39. The summed E-state index contributed by atoms with van der Waals surface area (Å²) in [4.78, 5) is 17.8. The Bertz CT molecular complexity index is 1050. The fourth-order valence-electron chi connectivity index (χ4n) is 4.31. The van der Waals surface area contributed by atoms with Crippen molar-refractivity contribution in [2.24, 2.45) is 0 Å². The maximum absolute atomic E-state index is 12.5. The standard InChI is InChI=1S/C21H24N4O3/c22-14-5-6-18-17(11-14)23-21(26)25(18)15-7-9-24(10-8-15)12-16-13-27-19-3-1-2-4-20(19)28-16/h1-6,11,15-16H,7-10,12-13,22H2,(H,23,26). The number of hydrogen-bond acceptors (Lipinski definition) is 5. The molecule has 2 aliphatic heterocycles. The Hall–Kier alpha value is -2.93. The highest BCUT2D eigenvalue weighted by atomic mass is 16.6. The summed E-state index contributed by atoms with van der Waals surface area (Å²) in [6, 6.07) is 13.6. The van der Waals surface area contributed by atoms with Crippen LogP contribution in [-0.2, 0) is 0 Å². The molecular weight excluding hydrogens is 356 g/mol. The largest absolute Gasteiger partial charge is 0.486 e. The molecular formula is C21H24N4O3. The van der Waals surface area contributed by atoms with Crippen LogP contribution >= 0.6 is 0 Å². The second-order valence-corrected chi connectivity index (χ2v) is 7.61. The molecule has 1 unspecified atom stereocenters. The van der Waals surface area contributed by atoms with Crippen molar-refractivity contribution in [1.29, 1.82) is 0 Å². The van der Waals surface area contributed by atoms with Gasteiger partial charge in [0.25, 0.3) is 0 Å². The highest BCUT2D eigenvalue weighted by Gasteiger charge is 2.27. The first-order valence-corrected chi connectivity index (χ1v) is 9.78. The third-order valence-corrected chi connectivity index (χ3v) is 5.69. The lowest BCUT2D eigenvalue weighted by Gasteiger charge is -2.36. The van der Waals surface area contributed by atoms with E-state index in [1.54, 1.807) is 0 Å². The Morgan fingerprint density at radius 3 is 2.71 bits per heavy atom.